The molecule has 0 aromatic heterocycles. The van der Waals surface area contributed by atoms with E-state index in [1.54, 1.807) is 12.3 Å². The average Bonchev–Trinajstić information content (AvgIpc) is 2.56. The standard InChI is InChI=1S/C19H20ClFN2/c1-2-3-4-5-15-6-8-16(9-7-15)13-22-23-14-17-10-11-18(20)19(21)12-17/h6-14H,2-5H2,1H3/b22-13+,23-14+. The van der Waals surface area contributed by atoms with E-state index in [1.165, 1.54) is 43.2 Å². The van der Waals surface area contributed by atoms with Crippen LogP contribution in [-0.4, -0.2) is 12.4 Å². The van der Waals surface area contributed by atoms with E-state index in [9.17, 15) is 4.39 Å². The highest BCUT2D eigenvalue weighted by atomic mass is 35.5. The van der Waals surface area contributed by atoms with Crippen LogP contribution in [0.15, 0.2) is 52.7 Å². The molecule has 0 amide bonds. The molecule has 0 aliphatic heterocycles. The van der Waals surface area contributed by atoms with E-state index in [1.807, 2.05) is 12.1 Å². The summed E-state index contributed by atoms with van der Waals surface area (Å²) in [6, 6.07) is 12.8. The number of hydrogen-bond acceptors (Lipinski definition) is 2. The number of rotatable bonds is 7. The number of nitrogens with zero attached hydrogens (tertiary/aromatic N) is 2. The van der Waals surface area contributed by atoms with Crippen molar-refractivity contribution < 1.29 is 4.39 Å². The Labute approximate surface area is 141 Å². The Bertz CT molecular complexity index is 678. The van der Waals surface area contributed by atoms with Gasteiger partial charge in [-0.3, -0.25) is 0 Å². The summed E-state index contributed by atoms with van der Waals surface area (Å²) in [6.45, 7) is 2.21. The summed E-state index contributed by atoms with van der Waals surface area (Å²) in [7, 11) is 0. The molecule has 0 aliphatic carbocycles. The molecule has 120 valence electrons. The van der Waals surface area contributed by atoms with Crippen LogP contribution in [0.3, 0.4) is 0 Å². The van der Waals surface area contributed by atoms with Gasteiger partial charge in [0, 0.05) is 0 Å². The molecule has 0 fully saturated rings. The van der Waals surface area contributed by atoms with Gasteiger partial charge in [-0.25, -0.2) is 4.39 Å². The van der Waals surface area contributed by atoms with Crippen molar-refractivity contribution in [3.05, 3.63) is 70.0 Å². The molecule has 0 heterocycles. The highest BCUT2D eigenvalue weighted by molar-refractivity contribution is 6.30. The lowest BCUT2D eigenvalue weighted by atomic mass is 10.1. The largest absolute Gasteiger partial charge is 0.205 e. The smallest absolute Gasteiger partial charge is 0.142 e. The maximum absolute atomic E-state index is 13.3. The van der Waals surface area contributed by atoms with E-state index in [2.05, 4.69) is 29.3 Å². The van der Waals surface area contributed by atoms with E-state index in [4.69, 9.17) is 11.6 Å². The molecule has 0 unspecified atom stereocenters. The zero-order chi connectivity index (χ0) is 16.5. The summed E-state index contributed by atoms with van der Waals surface area (Å²) in [5.74, 6) is -0.460. The van der Waals surface area contributed by atoms with Crippen LogP contribution >= 0.6 is 11.6 Å². The topological polar surface area (TPSA) is 24.7 Å². The number of aryl methyl sites for hydroxylation is 1. The monoisotopic (exact) mass is 330 g/mol. The molecule has 2 rings (SSSR count). The molecule has 0 bridgehead atoms. The van der Waals surface area contributed by atoms with Gasteiger partial charge in [-0.15, -0.1) is 0 Å². The van der Waals surface area contributed by atoms with Crippen LogP contribution in [0.2, 0.25) is 5.02 Å². The van der Waals surface area contributed by atoms with Crippen molar-refractivity contribution >= 4 is 24.0 Å². The first-order chi connectivity index (χ1) is 11.2. The minimum absolute atomic E-state index is 0.102. The van der Waals surface area contributed by atoms with Crippen LogP contribution in [0.1, 0.15) is 42.9 Å². The zero-order valence-corrected chi connectivity index (χ0v) is 13.9. The van der Waals surface area contributed by atoms with Gasteiger partial charge in [0.05, 0.1) is 17.5 Å². The Morgan fingerprint density at radius 2 is 1.61 bits per heavy atom. The summed E-state index contributed by atoms with van der Waals surface area (Å²) < 4.78 is 13.3. The van der Waals surface area contributed by atoms with Gasteiger partial charge in [-0.1, -0.05) is 61.7 Å². The Morgan fingerprint density at radius 3 is 2.26 bits per heavy atom. The Hall–Kier alpha value is -2.00. The number of halogens is 2. The SMILES string of the molecule is CCCCCc1ccc(/C=N/N=C/c2ccc(Cl)c(F)c2)cc1. The third kappa shape index (κ3) is 5.95. The molecule has 2 aromatic carbocycles. The van der Waals surface area contributed by atoms with Crippen molar-refractivity contribution in [2.24, 2.45) is 10.2 Å². The second-order valence-electron chi connectivity index (χ2n) is 5.36. The lowest BCUT2D eigenvalue weighted by Crippen LogP contribution is -1.87. The second kappa shape index (κ2) is 9.21. The lowest BCUT2D eigenvalue weighted by Gasteiger charge is -2.00. The summed E-state index contributed by atoms with van der Waals surface area (Å²) in [6.07, 6.45) is 8.02. The molecule has 0 spiro atoms. The lowest BCUT2D eigenvalue weighted by molar-refractivity contribution is 0.628. The molecular formula is C19H20ClFN2. The molecule has 0 radical (unpaired) electrons. The fourth-order valence-corrected chi connectivity index (χ4v) is 2.26. The molecule has 0 atom stereocenters. The quantitative estimate of drug-likeness (QED) is 0.355. The highest BCUT2D eigenvalue weighted by Gasteiger charge is 1.98. The van der Waals surface area contributed by atoms with Crippen molar-refractivity contribution in [2.45, 2.75) is 32.6 Å². The van der Waals surface area contributed by atoms with Gasteiger partial charge in [0.25, 0.3) is 0 Å². The minimum Gasteiger partial charge on any atom is -0.205 e. The van der Waals surface area contributed by atoms with Crippen LogP contribution in [0.5, 0.6) is 0 Å². The van der Waals surface area contributed by atoms with Gasteiger partial charge in [0.1, 0.15) is 5.82 Å². The molecule has 0 N–H and O–H groups in total. The molecule has 2 nitrogen and oxygen atoms in total. The molecule has 0 saturated carbocycles. The van der Waals surface area contributed by atoms with Gasteiger partial charge in [0.15, 0.2) is 0 Å². The maximum atomic E-state index is 13.3. The molecular weight excluding hydrogens is 311 g/mol. The third-order valence-corrected chi connectivity index (χ3v) is 3.78. The normalized spacial score (nSPS) is 11.6. The number of benzene rings is 2. The Kier molecular flexibility index (Phi) is 6.95. The first-order valence-corrected chi connectivity index (χ1v) is 8.17. The van der Waals surface area contributed by atoms with Crippen LogP contribution in [-0.2, 0) is 6.42 Å². The van der Waals surface area contributed by atoms with Crippen molar-refractivity contribution in [1.29, 1.82) is 0 Å². The second-order valence-corrected chi connectivity index (χ2v) is 5.77. The van der Waals surface area contributed by atoms with Gasteiger partial charge in [-0.2, -0.15) is 10.2 Å². The highest BCUT2D eigenvalue weighted by Crippen LogP contribution is 2.14. The minimum atomic E-state index is -0.460. The van der Waals surface area contributed by atoms with Crippen molar-refractivity contribution in [1.82, 2.24) is 0 Å². The predicted molar refractivity (Wildman–Crippen MR) is 96.3 cm³/mol. The van der Waals surface area contributed by atoms with Crippen molar-refractivity contribution in [3.63, 3.8) is 0 Å². The van der Waals surface area contributed by atoms with Gasteiger partial charge in [0.2, 0.25) is 0 Å². The summed E-state index contributed by atoms with van der Waals surface area (Å²) in [5, 5.41) is 8.01. The van der Waals surface area contributed by atoms with E-state index < -0.39 is 5.82 Å². The van der Waals surface area contributed by atoms with Crippen LogP contribution in [0.25, 0.3) is 0 Å². The van der Waals surface area contributed by atoms with Gasteiger partial charge >= 0.3 is 0 Å². The molecule has 23 heavy (non-hydrogen) atoms. The summed E-state index contributed by atoms with van der Waals surface area (Å²) >= 11 is 5.63. The zero-order valence-electron chi connectivity index (χ0n) is 13.2. The molecule has 0 saturated heterocycles. The van der Waals surface area contributed by atoms with Crippen molar-refractivity contribution in [2.75, 3.05) is 0 Å². The summed E-state index contributed by atoms with van der Waals surface area (Å²) in [5.41, 5.74) is 2.95. The first kappa shape index (κ1) is 17.4. The number of hydrogen-bond donors (Lipinski definition) is 0. The van der Waals surface area contributed by atoms with E-state index in [-0.39, 0.29) is 5.02 Å². The molecule has 2 aromatic rings. The number of unbranched alkanes of at least 4 members (excludes halogenated alkanes) is 2. The van der Waals surface area contributed by atoms with Crippen LogP contribution in [0.4, 0.5) is 4.39 Å². The van der Waals surface area contributed by atoms with Gasteiger partial charge in [-0.05, 0) is 41.7 Å². The predicted octanol–water partition coefficient (Wildman–Crippen LogP) is 5.66. The average molecular weight is 331 g/mol. The van der Waals surface area contributed by atoms with E-state index in [0.717, 1.165) is 12.0 Å². The molecule has 0 aliphatic rings. The van der Waals surface area contributed by atoms with Crippen molar-refractivity contribution in [3.8, 4) is 0 Å². The van der Waals surface area contributed by atoms with Gasteiger partial charge < -0.3 is 0 Å². The van der Waals surface area contributed by atoms with E-state index >= 15 is 0 Å². The Balaban J connectivity index is 1.89. The first-order valence-electron chi connectivity index (χ1n) is 7.79. The maximum Gasteiger partial charge on any atom is 0.142 e. The fraction of sp³-hybridized carbons (Fsp3) is 0.263. The van der Waals surface area contributed by atoms with Crippen LogP contribution < -0.4 is 0 Å². The fourth-order valence-electron chi connectivity index (χ4n) is 2.14. The molecule has 4 heteroatoms. The third-order valence-electron chi connectivity index (χ3n) is 3.47. The summed E-state index contributed by atoms with van der Waals surface area (Å²) in [4.78, 5) is 0. The van der Waals surface area contributed by atoms with Crippen LogP contribution in [0, 0.1) is 5.82 Å². The van der Waals surface area contributed by atoms with E-state index in [0.29, 0.717) is 5.56 Å². The Morgan fingerprint density at radius 1 is 0.957 bits per heavy atom.